The molecule has 0 radical (unpaired) electrons. The third-order valence-corrected chi connectivity index (χ3v) is 5.01. The van der Waals surface area contributed by atoms with E-state index in [-0.39, 0.29) is 11.8 Å². The molecule has 1 aliphatic rings. The Kier molecular flexibility index (Phi) is 4.66. The van der Waals surface area contributed by atoms with E-state index >= 15 is 0 Å². The highest BCUT2D eigenvalue weighted by Crippen LogP contribution is 2.29. The number of aromatic nitrogens is 3. The monoisotopic (exact) mass is 366 g/mol. The Hall–Kier alpha value is -3.09. The van der Waals surface area contributed by atoms with Gasteiger partial charge in [0.05, 0.1) is 14.2 Å². The number of carbonyl (C=O) groups excluding carboxylic acids is 1. The molecule has 1 fully saturated rings. The van der Waals surface area contributed by atoms with Gasteiger partial charge < -0.3 is 14.4 Å². The Labute approximate surface area is 157 Å². The number of piperidine rings is 1. The summed E-state index contributed by atoms with van der Waals surface area (Å²) in [5, 5.41) is 8.62. The molecule has 1 amide bonds. The van der Waals surface area contributed by atoms with Crippen LogP contribution in [0.1, 0.15) is 34.9 Å². The van der Waals surface area contributed by atoms with Gasteiger partial charge in [-0.25, -0.2) is 0 Å². The lowest BCUT2D eigenvalue weighted by Crippen LogP contribution is -2.39. The number of likely N-dealkylation sites (tertiary alicyclic amines) is 1. The third-order valence-electron chi connectivity index (χ3n) is 5.01. The molecule has 140 valence electrons. The molecule has 0 spiro atoms. The summed E-state index contributed by atoms with van der Waals surface area (Å²) in [5.74, 6) is 2.26. The number of carbonyl (C=O) groups is 1. The molecule has 0 bridgehead atoms. The first kappa shape index (κ1) is 17.3. The van der Waals surface area contributed by atoms with Crippen LogP contribution in [0.3, 0.4) is 0 Å². The summed E-state index contributed by atoms with van der Waals surface area (Å²) < 4.78 is 12.6. The molecule has 4 rings (SSSR count). The summed E-state index contributed by atoms with van der Waals surface area (Å²) in [6, 6.07) is 11.1. The molecular weight excluding hydrogens is 344 g/mol. The number of amides is 1. The maximum absolute atomic E-state index is 13.1. The molecule has 1 atom stereocenters. The van der Waals surface area contributed by atoms with Crippen LogP contribution in [-0.2, 0) is 0 Å². The van der Waals surface area contributed by atoms with Crippen molar-refractivity contribution in [2.24, 2.45) is 0 Å². The molecule has 2 aromatic heterocycles. The van der Waals surface area contributed by atoms with Crippen LogP contribution in [0.5, 0.6) is 11.5 Å². The van der Waals surface area contributed by atoms with Crippen molar-refractivity contribution < 1.29 is 14.3 Å². The number of hydrogen-bond donors (Lipinski definition) is 0. The Bertz CT molecular complexity index is 947. The lowest BCUT2D eigenvalue weighted by atomic mass is 9.96. The maximum Gasteiger partial charge on any atom is 0.254 e. The van der Waals surface area contributed by atoms with Gasteiger partial charge in [-0.1, -0.05) is 6.07 Å². The number of pyridine rings is 1. The van der Waals surface area contributed by atoms with E-state index in [0.29, 0.717) is 23.6 Å². The molecule has 0 saturated carbocycles. The van der Waals surface area contributed by atoms with Crippen molar-refractivity contribution in [3.05, 3.63) is 54.0 Å². The lowest BCUT2D eigenvalue weighted by Gasteiger charge is -2.32. The fourth-order valence-electron chi connectivity index (χ4n) is 3.62. The van der Waals surface area contributed by atoms with Crippen LogP contribution in [0.15, 0.2) is 42.6 Å². The molecule has 27 heavy (non-hydrogen) atoms. The molecule has 0 unspecified atom stereocenters. The van der Waals surface area contributed by atoms with Crippen LogP contribution in [0.4, 0.5) is 0 Å². The number of methoxy groups -OCH3 is 2. The number of nitrogens with zero attached hydrogens (tertiary/aromatic N) is 4. The van der Waals surface area contributed by atoms with Crippen molar-refractivity contribution in [2.45, 2.75) is 18.8 Å². The molecule has 7 nitrogen and oxygen atoms in total. The zero-order valence-electron chi connectivity index (χ0n) is 15.5. The molecule has 0 N–H and O–H groups in total. The normalized spacial score (nSPS) is 17.1. The van der Waals surface area contributed by atoms with Crippen molar-refractivity contribution in [3.8, 4) is 11.5 Å². The highest BCUT2D eigenvalue weighted by Gasteiger charge is 2.28. The van der Waals surface area contributed by atoms with Crippen molar-refractivity contribution in [1.29, 1.82) is 0 Å². The van der Waals surface area contributed by atoms with Crippen molar-refractivity contribution in [3.63, 3.8) is 0 Å². The van der Waals surface area contributed by atoms with Gasteiger partial charge in [0.15, 0.2) is 5.65 Å². The number of hydrogen-bond acceptors (Lipinski definition) is 5. The SMILES string of the molecule is COc1cc(OC)cc(C(=O)N2CCC[C@H](c3nnc4ccccn34)C2)c1. The van der Waals surface area contributed by atoms with Gasteiger partial charge >= 0.3 is 0 Å². The molecule has 7 heteroatoms. The number of fused-ring (bicyclic) bond motifs is 1. The van der Waals surface area contributed by atoms with Gasteiger partial charge in [-0.15, -0.1) is 10.2 Å². The van der Waals surface area contributed by atoms with Crippen LogP contribution in [0, 0.1) is 0 Å². The molecule has 1 aromatic carbocycles. The van der Waals surface area contributed by atoms with Gasteiger partial charge in [0.2, 0.25) is 0 Å². The van der Waals surface area contributed by atoms with Crippen LogP contribution < -0.4 is 9.47 Å². The first-order valence-electron chi connectivity index (χ1n) is 9.01. The predicted octanol–water partition coefficient (Wildman–Crippen LogP) is 2.77. The topological polar surface area (TPSA) is 69.0 Å². The van der Waals surface area contributed by atoms with Gasteiger partial charge in [-0.3, -0.25) is 9.20 Å². The summed E-state index contributed by atoms with van der Waals surface area (Å²) in [5.41, 5.74) is 1.39. The van der Waals surface area contributed by atoms with Crippen LogP contribution in [-0.4, -0.2) is 52.7 Å². The van der Waals surface area contributed by atoms with E-state index in [9.17, 15) is 4.79 Å². The molecule has 3 aromatic rings. The highest BCUT2D eigenvalue weighted by molar-refractivity contribution is 5.95. The van der Waals surface area contributed by atoms with Gasteiger partial charge in [0, 0.05) is 36.8 Å². The first-order chi connectivity index (χ1) is 13.2. The van der Waals surface area contributed by atoms with E-state index in [4.69, 9.17) is 9.47 Å². The van der Waals surface area contributed by atoms with Crippen LogP contribution >= 0.6 is 0 Å². The molecule has 3 heterocycles. The highest BCUT2D eigenvalue weighted by atomic mass is 16.5. The third kappa shape index (κ3) is 3.32. The zero-order chi connectivity index (χ0) is 18.8. The quantitative estimate of drug-likeness (QED) is 0.710. The average Bonchev–Trinajstić information content (AvgIpc) is 3.17. The average molecular weight is 366 g/mol. The van der Waals surface area contributed by atoms with Gasteiger partial charge in [-0.2, -0.15) is 0 Å². The molecule has 1 saturated heterocycles. The van der Waals surface area contributed by atoms with E-state index in [1.54, 1.807) is 32.4 Å². The number of benzene rings is 1. The maximum atomic E-state index is 13.1. The second-order valence-corrected chi connectivity index (χ2v) is 6.68. The van der Waals surface area contributed by atoms with E-state index in [1.165, 1.54) is 0 Å². The summed E-state index contributed by atoms with van der Waals surface area (Å²) in [7, 11) is 3.16. The Morgan fingerprint density at radius 3 is 2.63 bits per heavy atom. The Balaban J connectivity index is 1.59. The van der Waals surface area contributed by atoms with Gasteiger partial charge in [0.25, 0.3) is 5.91 Å². The smallest absolute Gasteiger partial charge is 0.254 e. The Morgan fingerprint density at radius 1 is 1.11 bits per heavy atom. The van der Waals surface area contributed by atoms with Crippen molar-refractivity contribution in [1.82, 2.24) is 19.5 Å². The number of ether oxygens (including phenoxy) is 2. The van der Waals surface area contributed by atoms with Crippen molar-refractivity contribution >= 4 is 11.6 Å². The fraction of sp³-hybridized carbons (Fsp3) is 0.350. The van der Waals surface area contributed by atoms with E-state index in [0.717, 1.165) is 30.9 Å². The van der Waals surface area contributed by atoms with Crippen molar-refractivity contribution in [2.75, 3.05) is 27.3 Å². The predicted molar refractivity (Wildman–Crippen MR) is 100 cm³/mol. The largest absolute Gasteiger partial charge is 0.497 e. The molecular formula is C20H22N4O3. The minimum absolute atomic E-state index is 0.0225. The summed E-state index contributed by atoms with van der Waals surface area (Å²) in [6.07, 6.45) is 3.89. The van der Waals surface area contributed by atoms with E-state index in [1.807, 2.05) is 33.7 Å². The van der Waals surface area contributed by atoms with E-state index in [2.05, 4.69) is 10.2 Å². The summed E-state index contributed by atoms with van der Waals surface area (Å²) in [4.78, 5) is 15.0. The summed E-state index contributed by atoms with van der Waals surface area (Å²) >= 11 is 0. The zero-order valence-corrected chi connectivity index (χ0v) is 15.5. The lowest BCUT2D eigenvalue weighted by molar-refractivity contribution is 0.0703. The molecule has 0 aliphatic carbocycles. The minimum Gasteiger partial charge on any atom is -0.497 e. The van der Waals surface area contributed by atoms with E-state index < -0.39 is 0 Å². The van der Waals surface area contributed by atoms with Gasteiger partial charge in [0.1, 0.15) is 17.3 Å². The summed E-state index contributed by atoms with van der Waals surface area (Å²) in [6.45, 7) is 1.35. The standard InChI is InChI=1S/C20H22N4O3/c1-26-16-10-15(11-17(12-16)27-2)20(25)23-8-5-6-14(13-23)19-22-21-18-7-3-4-9-24(18)19/h3-4,7,9-12,14H,5-6,8,13H2,1-2H3/t14-/m0/s1. The second kappa shape index (κ2) is 7.26. The van der Waals surface area contributed by atoms with Crippen LogP contribution in [0.2, 0.25) is 0 Å². The molecule has 1 aliphatic heterocycles. The van der Waals surface area contributed by atoms with Crippen LogP contribution in [0.25, 0.3) is 5.65 Å². The van der Waals surface area contributed by atoms with Gasteiger partial charge in [-0.05, 0) is 37.1 Å². The first-order valence-corrected chi connectivity index (χ1v) is 9.01. The Morgan fingerprint density at radius 2 is 1.89 bits per heavy atom. The number of rotatable bonds is 4. The fourth-order valence-corrected chi connectivity index (χ4v) is 3.62. The minimum atomic E-state index is -0.0225. The second-order valence-electron chi connectivity index (χ2n) is 6.68.